The van der Waals surface area contributed by atoms with Gasteiger partial charge in [0.05, 0.1) is 16.8 Å². The van der Waals surface area contributed by atoms with E-state index in [1.807, 2.05) is 13.8 Å². The first kappa shape index (κ1) is 15.8. The lowest BCUT2D eigenvalue weighted by molar-refractivity contribution is 0.532. The highest BCUT2D eigenvalue weighted by atomic mass is 79.9. The number of nitrogens with one attached hydrogen (secondary N) is 1. The molecule has 2 aromatic rings. The van der Waals surface area contributed by atoms with Gasteiger partial charge in [0.2, 0.25) is 0 Å². The lowest BCUT2D eigenvalue weighted by Gasteiger charge is -2.11. The molecular weight excluding hydrogens is 356 g/mol. The summed E-state index contributed by atoms with van der Waals surface area (Å²) in [5.41, 5.74) is 7.17. The maximum atomic E-state index is 12.5. The van der Waals surface area contributed by atoms with Crippen LogP contribution in [0.2, 0.25) is 0 Å². The molecule has 0 saturated carbocycles. The third-order valence-electron chi connectivity index (χ3n) is 3.04. The zero-order chi connectivity index (χ0) is 15.8. The largest absolute Gasteiger partial charge is 0.398 e. The van der Waals surface area contributed by atoms with Gasteiger partial charge in [-0.25, -0.2) is 8.42 Å². The molecule has 3 N–H and O–H groups in total. The Bertz CT molecular complexity index is 768. The number of benzene rings is 1. The minimum absolute atomic E-state index is 0.145. The monoisotopic (exact) mass is 372 g/mol. The Labute approximate surface area is 132 Å². The van der Waals surface area contributed by atoms with Crippen LogP contribution in [0.1, 0.15) is 25.5 Å². The van der Waals surface area contributed by atoms with Crippen molar-refractivity contribution in [2.45, 2.75) is 31.7 Å². The van der Waals surface area contributed by atoms with Gasteiger partial charge >= 0.3 is 0 Å². The number of hydrogen-bond donors (Lipinski definition) is 2. The maximum absolute atomic E-state index is 12.5. The van der Waals surface area contributed by atoms with E-state index in [1.165, 1.54) is 12.3 Å². The number of nitrogens with two attached hydrogens (primary N) is 1. The summed E-state index contributed by atoms with van der Waals surface area (Å²) in [6, 6.07) is 3.36. The van der Waals surface area contributed by atoms with Crippen LogP contribution in [-0.2, 0) is 10.0 Å². The van der Waals surface area contributed by atoms with Gasteiger partial charge in [0, 0.05) is 22.4 Å². The van der Waals surface area contributed by atoms with Gasteiger partial charge in [0.15, 0.2) is 0 Å². The molecular formula is C13H17BrN4O2S. The van der Waals surface area contributed by atoms with Crippen molar-refractivity contribution in [1.29, 1.82) is 0 Å². The van der Waals surface area contributed by atoms with Crippen LogP contribution in [0.5, 0.6) is 0 Å². The first-order chi connectivity index (χ1) is 9.70. The van der Waals surface area contributed by atoms with Gasteiger partial charge in [-0.15, -0.1) is 0 Å². The highest BCUT2D eigenvalue weighted by molar-refractivity contribution is 9.10. The number of sulfonamides is 1. The van der Waals surface area contributed by atoms with E-state index in [2.05, 4.69) is 25.8 Å². The quantitative estimate of drug-likeness (QED) is 0.807. The third-order valence-corrected chi connectivity index (χ3v) is 5.00. The van der Waals surface area contributed by atoms with Crippen molar-refractivity contribution in [2.75, 3.05) is 10.5 Å². The Kier molecular flexibility index (Phi) is 4.29. The number of anilines is 2. The summed E-state index contributed by atoms with van der Waals surface area (Å²) < 4.78 is 29.8. The van der Waals surface area contributed by atoms with Crippen LogP contribution in [0.15, 0.2) is 33.9 Å². The zero-order valence-electron chi connectivity index (χ0n) is 12.0. The van der Waals surface area contributed by atoms with Crippen LogP contribution in [0.4, 0.5) is 11.4 Å². The van der Waals surface area contributed by atoms with Gasteiger partial charge < -0.3 is 5.73 Å². The SMILES string of the molecule is Cc1c(N)cc(Br)cc1S(=O)(=O)Nc1cnn(C(C)C)c1. The van der Waals surface area contributed by atoms with Crippen LogP contribution in [0.25, 0.3) is 0 Å². The van der Waals surface area contributed by atoms with Crippen molar-refractivity contribution in [3.05, 3.63) is 34.6 Å². The third kappa shape index (κ3) is 3.38. The molecule has 0 aliphatic carbocycles. The van der Waals surface area contributed by atoms with E-state index in [-0.39, 0.29) is 10.9 Å². The number of halogens is 1. The van der Waals surface area contributed by atoms with Crippen LogP contribution in [0.3, 0.4) is 0 Å². The molecule has 0 aliphatic rings. The van der Waals surface area contributed by atoms with Gasteiger partial charge in [-0.05, 0) is 38.5 Å². The lowest BCUT2D eigenvalue weighted by Crippen LogP contribution is -2.15. The smallest absolute Gasteiger partial charge is 0.262 e. The summed E-state index contributed by atoms with van der Waals surface area (Å²) in [7, 11) is -3.71. The highest BCUT2D eigenvalue weighted by Gasteiger charge is 2.20. The molecule has 21 heavy (non-hydrogen) atoms. The molecule has 0 aliphatic heterocycles. The summed E-state index contributed by atoms with van der Waals surface area (Å²) in [6.45, 7) is 5.60. The maximum Gasteiger partial charge on any atom is 0.262 e. The number of hydrogen-bond acceptors (Lipinski definition) is 4. The van der Waals surface area contributed by atoms with E-state index in [1.54, 1.807) is 23.9 Å². The average Bonchev–Trinajstić information content (AvgIpc) is 2.81. The predicted molar refractivity (Wildman–Crippen MR) is 86.7 cm³/mol. The highest BCUT2D eigenvalue weighted by Crippen LogP contribution is 2.27. The molecule has 0 spiro atoms. The van der Waals surface area contributed by atoms with Crippen molar-refractivity contribution in [3.8, 4) is 0 Å². The van der Waals surface area contributed by atoms with E-state index in [0.29, 0.717) is 21.4 Å². The number of nitrogens with zero attached hydrogens (tertiary/aromatic N) is 2. The second-order valence-electron chi connectivity index (χ2n) is 5.03. The predicted octanol–water partition coefficient (Wildman–Crippen LogP) is 2.92. The number of nitrogen functional groups attached to an aromatic ring is 1. The molecule has 0 amide bonds. The molecule has 6 nitrogen and oxygen atoms in total. The van der Waals surface area contributed by atoms with Crippen molar-refractivity contribution in [3.63, 3.8) is 0 Å². The fourth-order valence-corrected chi connectivity index (χ4v) is 3.79. The normalized spacial score (nSPS) is 11.9. The Morgan fingerprint density at radius 3 is 2.62 bits per heavy atom. The molecule has 8 heteroatoms. The van der Waals surface area contributed by atoms with Crippen molar-refractivity contribution in [1.82, 2.24) is 9.78 Å². The molecule has 0 bridgehead atoms. The second-order valence-corrected chi connectivity index (χ2v) is 7.59. The molecule has 2 rings (SSSR count). The molecule has 1 aromatic carbocycles. The molecule has 0 unspecified atom stereocenters. The molecule has 114 valence electrons. The van der Waals surface area contributed by atoms with E-state index in [9.17, 15) is 8.42 Å². The molecule has 0 radical (unpaired) electrons. The first-order valence-corrected chi connectivity index (χ1v) is 8.61. The summed E-state index contributed by atoms with van der Waals surface area (Å²) >= 11 is 3.26. The molecule has 1 aromatic heterocycles. The van der Waals surface area contributed by atoms with Crippen LogP contribution < -0.4 is 10.5 Å². The van der Waals surface area contributed by atoms with Gasteiger partial charge in [-0.1, -0.05) is 15.9 Å². The summed E-state index contributed by atoms with van der Waals surface area (Å²) in [5.74, 6) is 0. The fourth-order valence-electron chi connectivity index (χ4n) is 1.84. The van der Waals surface area contributed by atoms with Crippen LogP contribution >= 0.6 is 15.9 Å². The number of rotatable bonds is 4. The molecule has 0 fully saturated rings. The second kappa shape index (κ2) is 5.69. The van der Waals surface area contributed by atoms with Crippen molar-refractivity contribution < 1.29 is 8.42 Å². The van der Waals surface area contributed by atoms with Crippen molar-refractivity contribution in [2.24, 2.45) is 0 Å². The summed E-state index contributed by atoms with van der Waals surface area (Å²) in [4.78, 5) is 0.145. The van der Waals surface area contributed by atoms with E-state index in [0.717, 1.165) is 0 Å². The minimum atomic E-state index is -3.71. The van der Waals surface area contributed by atoms with Crippen LogP contribution in [-0.4, -0.2) is 18.2 Å². The Morgan fingerprint density at radius 1 is 1.38 bits per heavy atom. The molecule has 1 heterocycles. The first-order valence-electron chi connectivity index (χ1n) is 6.33. The van der Waals surface area contributed by atoms with Gasteiger partial charge in [-0.2, -0.15) is 5.10 Å². The Balaban J connectivity index is 2.38. The standard InChI is InChI=1S/C13H17BrN4O2S/c1-8(2)18-7-11(6-16-18)17-21(19,20)13-5-10(14)4-12(15)9(13)3/h4-8,17H,15H2,1-3H3. The van der Waals surface area contributed by atoms with Crippen LogP contribution in [0, 0.1) is 6.92 Å². The van der Waals surface area contributed by atoms with E-state index >= 15 is 0 Å². The summed E-state index contributed by atoms with van der Waals surface area (Å²) in [5, 5.41) is 4.11. The van der Waals surface area contributed by atoms with Gasteiger partial charge in [-0.3, -0.25) is 9.40 Å². The topological polar surface area (TPSA) is 90.0 Å². The van der Waals surface area contributed by atoms with E-state index < -0.39 is 10.0 Å². The molecule has 0 saturated heterocycles. The fraction of sp³-hybridized carbons (Fsp3) is 0.308. The minimum Gasteiger partial charge on any atom is -0.398 e. The average molecular weight is 373 g/mol. The van der Waals surface area contributed by atoms with Crippen molar-refractivity contribution >= 4 is 37.3 Å². The number of aromatic nitrogens is 2. The lowest BCUT2D eigenvalue weighted by atomic mass is 10.2. The van der Waals surface area contributed by atoms with E-state index in [4.69, 9.17) is 5.73 Å². The Hall–Kier alpha value is -1.54. The molecule has 0 atom stereocenters. The Morgan fingerprint density at radius 2 is 2.05 bits per heavy atom. The van der Waals surface area contributed by atoms with Gasteiger partial charge in [0.25, 0.3) is 10.0 Å². The summed E-state index contributed by atoms with van der Waals surface area (Å²) in [6.07, 6.45) is 3.13. The van der Waals surface area contributed by atoms with Gasteiger partial charge in [0.1, 0.15) is 0 Å². The zero-order valence-corrected chi connectivity index (χ0v) is 14.4.